The molecule has 12 nitrogen and oxygen atoms in total. The van der Waals surface area contributed by atoms with Crippen LogP contribution in [0.3, 0.4) is 0 Å². The summed E-state index contributed by atoms with van der Waals surface area (Å²) in [5, 5.41) is 7.69. The van der Waals surface area contributed by atoms with Gasteiger partial charge in [-0.25, -0.2) is 9.97 Å². The van der Waals surface area contributed by atoms with Gasteiger partial charge < -0.3 is 30.4 Å². The number of hydrogen-bond donors (Lipinski definition) is 4. The molecule has 2 atom stereocenters. The van der Waals surface area contributed by atoms with Crippen molar-refractivity contribution in [2.75, 3.05) is 19.6 Å². The number of rotatable bonds is 17. The predicted molar refractivity (Wildman–Crippen MR) is 211 cm³/mol. The van der Waals surface area contributed by atoms with Crippen molar-refractivity contribution in [2.24, 2.45) is 5.92 Å². The smallest absolute Gasteiger partial charge is 0.250 e. The SMILES string of the molecule is CCCN(Cc1nc2c3c(ccc2[nH]1)=CC(c1ccc(-c2cnc(CN(CCC)C(=O)[C@H](NC(=O)C4CC4)c4ccccc4)[nH]2)cc1)CC=3)C(=O)CNC=O. The van der Waals surface area contributed by atoms with E-state index >= 15 is 0 Å². The lowest BCUT2D eigenvalue weighted by molar-refractivity contribution is -0.137. The first-order chi connectivity index (χ1) is 26.8. The third-order valence-electron chi connectivity index (χ3n) is 10.3. The fourth-order valence-corrected chi connectivity index (χ4v) is 7.28. The number of benzene rings is 3. The molecule has 4 N–H and O–H groups in total. The maximum atomic E-state index is 14.0. The molecule has 0 saturated heterocycles. The van der Waals surface area contributed by atoms with Crippen LogP contribution >= 0.6 is 0 Å². The Morgan fingerprint density at radius 1 is 0.909 bits per heavy atom. The molecule has 55 heavy (non-hydrogen) atoms. The summed E-state index contributed by atoms with van der Waals surface area (Å²) in [5.74, 6) is 1.23. The molecule has 12 heteroatoms. The minimum Gasteiger partial charge on any atom is -0.350 e. The van der Waals surface area contributed by atoms with Crippen LogP contribution in [0.1, 0.15) is 80.7 Å². The molecule has 1 saturated carbocycles. The monoisotopic (exact) mass is 740 g/mol. The van der Waals surface area contributed by atoms with Crippen molar-refractivity contribution in [1.29, 1.82) is 0 Å². The summed E-state index contributed by atoms with van der Waals surface area (Å²) in [6, 6.07) is 21.4. The van der Waals surface area contributed by atoms with Crippen molar-refractivity contribution in [3.05, 3.63) is 106 Å². The van der Waals surface area contributed by atoms with E-state index in [9.17, 15) is 19.2 Å². The highest BCUT2D eigenvalue weighted by molar-refractivity contribution is 5.90. The number of H-pyrrole nitrogens is 2. The molecular weight excluding hydrogens is 693 g/mol. The molecule has 1 unspecified atom stereocenters. The van der Waals surface area contributed by atoms with E-state index in [1.54, 1.807) is 9.80 Å². The Kier molecular flexibility index (Phi) is 11.5. The standard InChI is InChI=1S/C43H48N8O4/c1-3-20-50(39(53)24-44-27-52)26-38-46-35-19-17-33-22-32(16-18-34(33)41(35)48-38)28-10-12-29(13-11-28)36-23-45-37(47-36)25-51(21-4-2)43(55)40(30-8-6-5-7-9-30)49-42(54)31-14-15-31/h5-13,17-19,22-23,27,31-32,40H,3-4,14-16,20-21,24-26H2,1-2H3,(H,44,52)(H,45,47)(H,46,48)(H,49,54)/t32?,40-/m1/s1. The first kappa shape index (κ1) is 37.3. The van der Waals surface area contributed by atoms with E-state index in [4.69, 9.17) is 4.98 Å². The van der Waals surface area contributed by atoms with Gasteiger partial charge in [0.15, 0.2) is 0 Å². The van der Waals surface area contributed by atoms with Gasteiger partial charge in [0.2, 0.25) is 24.1 Å². The van der Waals surface area contributed by atoms with Crippen LogP contribution in [0.2, 0.25) is 0 Å². The first-order valence-corrected chi connectivity index (χ1v) is 19.3. The number of nitrogens with zero attached hydrogens (tertiary/aromatic N) is 4. The van der Waals surface area contributed by atoms with Crippen molar-refractivity contribution in [3.63, 3.8) is 0 Å². The largest absolute Gasteiger partial charge is 0.350 e. The Labute approximate surface area is 320 Å². The zero-order valence-electron chi connectivity index (χ0n) is 31.4. The molecule has 0 spiro atoms. The van der Waals surface area contributed by atoms with Crippen LogP contribution in [0.15, 0.2) is 72.9 Å². The molecule has 0 radical (unpaired) electrons. The highest BCUT2D eigenvalue weighted by Gasteiger charge is 2.34. The number of nitrogens with one attached hydrogen (secondary N) is 4. The van der Waals surface area contributed by atoms with E-state index < -0.39 is 6.04 Å². The van der Waals surface area contributed by atoms with Gasteiger partial charge in [-0.3, -0.25) is 19.2 Å². The van der Waals surface area contributed by atoms with E-state index in [0.29, 0.717) is 44.2 Å². The molecule has 3 aromatic carbocycles. The fraction of sp³-hybridized carbons (Fsp3) is 0.349. The molecule has 5 aromatic rings. The summed E-state index contributed by atoms with van der Waals surface area (Å²) >= 11 is 0. The number of aromatic nitrogens is 4. The van der Waals surface area contributed by atoms with Gasteiger partial charge in [0, 0.05) is 30.1 Å². The second kappa shape index (κ2) is 17.0. The van der Waals surface area contributed by atoms with Crippen molar-refractivity contribution in [1.82, 2.24) is 40.4 Å². The number of aromatic amines is 2. The van der Waals surface area contributed by atoms with Crippen LogP contribution in [0.4, 0.5) is 0 Å². The average molecular weight is 741 g/mol. The summed E-state index contributed by atoms with van der Waals surface area (Å²) in [5.41, 5.74) is 5.65. The number of carbonyl (C=O) groups is 4. The molecule has 2 aliphatic rings. The Hall–Kier alpha value is -6.04. The van der Waals surface area contributed by atoms with Crippen LogP contribution in [0.25, 0.3) is 34.4 Å². The summed E-state index contributed by atoms with van der Waals surface area (Å²) in [6.45, 7) is 5.78. The molecule has 2 aliphatic carbocycles. The Bertz CT molecular complexity index is 2280. The second-order valence-corrected chi connectivity index (χ2v) is 14.4. The summed E-state index contributed by atoms with van der Waals surface area (Å²) in [7, 11) is 0. The molecule has 2 heterocycles. The molecule has 7 rings (SSSR count). The lowest BCUT2D eigenvalue weighted by Crippen LogP contribution is -2.43. The van der Waals surface area contributed by atoms with Gasteiger partial charge in [-0.2, -0.15) is 0 Å². The highest BCUT2D eigenvalue weighted by atomic mass is 16.2. The minimum absolute atomic E-state index is 0.00318. The normalized spacial score (nSPS) is 15.3. The van der Waals surface area contributed by atoms with Gasteiger partial charge >= 0.3 is 0 Å². The van der Waals surface area contributed by atoms with Gasteiger partial charge in [-0.15, -0.1) is 0 Å². The third kappa shape index (κ3) is 8.69. The van der Waals surface area contributed by atoms with Gasteiger partial charge in [0.05, 0.1) is 42.6 Å². The van der Waals surface area contributed by atoms with Crippen LogP contribution in [-0.4, -0.2) is 73.5 Å². The van der Waals surface area contributed by atoms with Gasteiger partial charge in [-0.05, 0) is 60.1 Å². The number of imidazole rings is 2. The van der Waals surface area contributed by atoms with Crippen LogP contribution in [0.5, 0.6) is 0 Å². The maximum Gasteiger partial charge on any atom is 0.250 e. The van der Waals surface area contributed by atoms with Crippen LogP contribution < -0.4 is 21.1 Å². The van der Waals surface area contributed by atoms with E-state index in [2.05, 4.69) is 68.1 Å². The second-order valence-electron chi connectivity index (χ2n) is 14.4. The van der Waals surface area contributed by atoms with Crippen molar-refractivity contribution < 1.29 is 19.2 Å². The Morgan fingerprint density at radius 3 is 2.38 bits per heavy atom. The minimum atomic E-state index is -0.747. The zero-order chi connectivity index (χ0) is 38.3. The molecule has 1 fully saturated rings. The van der Waals surface area contributed by atoms with E-state index in [0.717, 1.165) is 70.4 Å². The summed E-state index contributed by atoms with van der Waals surface area (Å²) < 4.78 is 0. The zero-order valence-corrected chi connectivity index (χ0v) is 31.4. The molecule has 0 aliphatic heterocycles. The number of carbonyl (C=O) groups excluding carboxylic acids is 4. The van der Waals surface area contributed by atoms with Crippen LogP contribution in [0, 0.1) is 5.92 Å². The molecule has 4 amide bonds. The highest BCUT2D eigenvalue weighted by Crippen LogP contribution is 2.31. The van der Waals surface area contributed by atoms with E-state index in [-0.39, 0.29) is 36.1 Å². The molecule has 2 aromatic heterocycles. The Morgan fingerprint density at radius 2 is 1.65 bits per heavy atom. The maximum absolute atomic E-state index is 14.0. The average Bonchev–Trinajstić information content (AvgIpc) is 3.83. The summed E-state index contributed by atoms with van der Waals surface area (Å²) in [4.78, 5) is 69.9. The van der Waals surface area contributed by atoms with Crippen molar-refractivity contribution >= 4 is 47.3 Å². The van der Waals surface area contributed by atoms with Gasteiger partial charge in [0.25, 0.3) is 0 Å². The van der Waals surface area contributed by atoms with Gasteiger partial charge in [0.1, 0.15) is 17.7 Å². The quantitative estimate of drug-likeness (QED) is 0.105. The lowest BCUT2D eigenvalue weighted by atomic mass is 9.90. The first-order valence-electron chi connectivity index (χ1n) is 19.3. The number of hydrogen-bond acceptors (Lipinski definition) is 6. The fourth-order valence-electron chi connectivity index (χ4n) is 7.28. The van der Waals surface area contributed by atoms with Crippen LogP contribution in [-0.2, 0) is 32.3 Å². The summed E-state index contributed by atoms with van der Waals surface area (Å²) in [6.07, 6.45) is 11.0. The third-order valence-corrected chi connectivity index (χ3v) is 10.3. The van der Waals surface area contributed by atoms with E-state index in [1.165, 1.54) is 5.56 Å². The predicted octanol–water partition coefficient (Wildman–Crippen LogP) is 4.19. The molecule has 0 bridgehead atoms. The van der Waals surface area contributed by atoms with Gasteiger partial charge in [-0.1, -0.05) is 86.7 Å². The Balaban J connectivity index is 1.03. The van der Waals surface area contributed by atoms with E-state index in [1.807, 2.05) is 56.4 Å². The number of fused-ring (bicyclic) bond motifs is 3. The van der Waals surface area contributed by atoms with Crippen molar-refractivity contribution in [3.8, 4) is 11.3 Å². The molecular formula is C43H48N8O4. The van der Waals surface area contributed by atoms with Crippen molar-refractivity contribution in [2.45, 2.75) is 71.0 Å². The molecule has 284 valence electrons. The topological polar surface area (TPSA) is 156 Å². The lowest BCUT2D eigenvalue weighted by Gasteiger charge is -2.27. The number of amides is 4.